The third-order valence-electron chi connectivity index (χ3n) is 7.38. The second-order valence-corrected chi connectivity index (χ2v) is 13.7. The number of hydrogen-bond acceptors (Lipinski definition) is 4. The van der Waals surface area contributed by atoms with Gasteiger partial charge < -0.3 is 24.0 Å². The van der Waals surface area contributed by atoms with Gasteiger partial charge in [-0.05, 0) is 41.7 Å². The van der Waals surface area contributed by atoms with Crippen molar-refractivity contribution in [3.8, 4) is 0 Å². The quantitative estimate of drug-likeness (QED) is 0.0932. The van der Waals surface area contributed by atoms with Crippen molar-refractivity contribution in [3.05, 3.63) is 137 Å². The van der Waals surface area contributed by atoms with E-state index in [-0.39, 0.29) is 18.7 Å². The molecule has 0 unspecified atom stereocenters. The minimum atomic E-state index is -5.79. The summed E-state index contributed by atoms with van der Waals surface area (Å²) in [5.41, 5.74) is -9.16. The van der Waals surface area contributed by atoms with Crippen LogP contribution in [0.4, 0.5) is 17.6 Å². The van der Waals surface area contributed by atoms with Crippen molar-refractivity contribution in [1.29, 1.82) is 0 Å². The Morgan fingerprint density at radius 3 is 1.45 bits per heavy atom. The van der Waals surface area contributed by atoms with Crippen molar-refractivity contribution < 1.29 is 50.7 Å². The molecule has 44 heavy (non-hydrogen) atoms. The van der Waals surface area contributed by atoms with E-state index in [9.17, 15) is 26.7 Å². The standard InChI is InChI=1S/C30H25F4NO7P2/c31-29(32,43(36,37)38)23-14-10-20(11-15-23)18-28(22-6-2-1-3-7-22,27-35-25-8-4-5-9-26(25)42-27)19-21-12-16-24(17-13-21)30(33,34)44(39,40)41/h1-17H,18-19H2,(H2,36,37,38)(H2,39,40,41). The molecular formula is C30H25F4NO7P2. The molecule has 4 aromatic carbocycles. The zero-order valence-electron chi connectivity index (χ0n) is 22.6. The fourth-order valence-corrected chi connectivity index (χ4v) is 6.03. The van der Waals surface area contributed by atoms with Crippen molar-refractivity contribution in [2.75, 3.05) is 0 Å². The molecule has 8 nitrogen and oxygen atoms in total. The fraction of sp³-hybridized carbons (Fsp3) is 0.167. The van der Waals surface area contributed by atoms with Crippen LogP contribution in [0.25, 0.3) is 11.1 Å². The minimum absolute atomic E-state index is 0.0615. The summed E-state index contributed by atoms with van der Waals surface area (Å²) in [7, 11) is -11.6. The number of para-hydroxylation sites is 2. The van der Waals surface area contributed by atoms with Crippen LogP contribution in [-0.4, -0.2) is 24.6 Å². The van der Waals surface area contributed by atoms with E-state index in [2.05, 4.69) is 0 Å². The van der Waals surface area contributed by atoms with Gasteiger partial charge in [0.1, 0.15) is 5.52 Å². The van der Waals surface area contributed by atoms with Crippen molar-refractivity contribution in [1.82, 2.24) is 4.98 Å². The molecule has 0 bridgehead atoms. The van der Waals surface area contributed by atoms with Crippen molar-refractivity contribution in [3.63, 3.8) is 0 Å². The number of oxazole rings is 1. The lowest BCUT2D eigenvalue weighted by molar-refractivity contribution is 0.0564. The SMILES string of the molecule is O=P(O)(O)C(F)(F)c1ccc(CC(Cc2ccc(C(F)(F)P(=O)(O)O)cc2)(c2ccccc2)c2nc3ccccc3o2)cc1. The van der Waals surface area contributed by atoms with Gasteiger partial charge in [-0.1, -0.05) is 91.0 Å². The van der Waals surface area contributed by atoms with Crippen LogP contribution >= 0.6 is 15.2 Å². The van der Waals surface area contributed by atoms with Crippen molar-refractivity contribution >= 4 is 26.3 Å². The minimum Gasteiger partial charge on any atom is -0.440 e. The highest BCUT2D eigenvalue weighted by Gasteiger charge is 2.51. The zero-order chi connectivity index (χ0) is 32.0. The Bertz CT molecular complexity index is 1760. The molecule has 0 atom stereocenters. The highest BCUT2D eigenvalue weighted by molar-refractivity contribution is 7.52. The molecular weight excluding hydrogens is 624 g/mol. The Labute approximate surface area is 248 Å². The molecule has 0 radical (unpaired) electrons. The van der Waals surface area contributed by atoms with Gasteiger partial charge in [-0.2, -0.15) is 17.6 Å². The average molecular weight is 649 g/mol. The third kappa shape index (κ3) is 5.89. The van der Waals surface area contributed by atoms with E-state index in [4.69, 9.17) is 29.0 Å². The molecule has 0 aliphatic rings. The lowest BCUT2D eigenvalue weighted by Gasteiger charge is -2.32. The monoisotopic (exact) mass is 649 g/mol. The first-order valence-corrected chi connectivity index (χ1v) is 16.2. The summed E-state index contributed by atoms with van der Waals surface area (Å²) in [5, 5.41) is 0. The average Bonchev–Trinajstić information content (AvgIpc) is 3.42. The van der Waals surface area contributed by atoms with Crippen molar-refractivity contribution in [2.45, 2.75) is 29.6 Å². The first kappa shape index (κ1) is 31.8. The predicted molar refractivity (Wildman–Crippen MR) is 153 cm³/mol. The molecule has 230 valence electrons. The van der Waals surface area contributed by atoms with E-state index in [0.29, 0.717) is 27.8 Å². The lowest BCUT2D eigenvalue weighted by Crippen LogP contribution is -2.34. The maximum Gasteiger partial charge on any atom is 0.399 e. The topological polar surface area (TPSA) is 141 Å². The van der Waals surface area contributed by atoms with E-state index in [1.807, 2.05) is 0 Å². The molecule has 0 aliphatic heterocycles. The second-order valence-electron chi connectivity index (χ2n) is 10.4. The molecule has 14 heteroatoms. The Kier molecular flexibility index (Phi) is 8.22. The normalized spacial score (nSPS) is 13.4. The number of rotatable bonds is 10. The Morgan fingerprint density at radius 2 is 1.02 bits per heavy atom. The Balaban J connectivity index is 1.65. The van der Waals surface area contributed by atoms with Crippen LogP contribution in [0.15, 0.2) is 108 Å². The first-order chi connectivity index (χ1) is 20.5. The molecule has 5 aromatic rings. The number of halogens is 4. The summed E-state index contributed by atoms with van der Waals surface area (Å²) >= 11 is 0. The van der Waals surface area contributed by atoms with Gasteiger partial charge >= 0.3 is 26.5 Å². The summed E-state index contributed by atoms with van der Waals surface area (Å²) in [6.07, 6.45) is 0.123. The smallest absolute Gasteiger partial charge is 0.399 e. The van der Waals surface area contributed by atoms with Gasteiger partial charge in [0.15, 0.2) is 5.58 Å². The maximum atomic E-state index is 14.4. The largest absolute Gasteiger partial charge is 0.440 e. The molecule has 0 fully saturated rings. The maximum absolute atomic E-state index is 14.4. The summed E-state index contributed by atoms with van der Waals surface area (Å²) in [4.78, 5) is 41.3. The van der Waals surface area contributed by atoms with Gasteiger partial charge in [0.25, 0.3) is 0 Å². The molecule has 0 amide bonds. The Hall–Kier alpha value is -3.63. The van der Waals surface area contributed by atoms with Crippen LogP contribution in [0.2, 0.25) is 0 Å². The van der Waals surface area contributed by atoms with Crippen molar-refractivity contribution in [2.24, 2.45) is 0 Å². The van der Waals surface area contributed by atoms with Crippen LogP contribution in [0.5, 0.6) is 0 Å². The van der Waals surface area contributed by atoms with E-state index in [1.165, 1.54) is 24.3 Å². The van der Waals surface area contributed by atoms with Crippen LogP contribution in [0.1, 0.15) is 33.7 Å². The van der Waals surface area contributed by atoms with Gasteiger partial charge in [-0.3, -0.25) is 9.13 Å². The lowest BCUT2D eigenvalue weighted by atomic mass is 9.71. The summed E-state index contributed by atoms with van der Waals surface area (Å²) in [6, 6.07) is 24.8. The van der Waals surface area contributed by atoms with E-state index in [0.717, 1.165) is 24.3 Å². The summed E-state index contributed by atoms with van der Waals surface area (Å²) in [6.45, 7) is 0. The predicted octanol–water partition coefficient (Wildman–Crippen LogP) is 7.05. The highest BCUT2D eigenvalue weighted by atomic mass is 31.2. The molecule has 0 saturated heterocycles. The van der Waals surface area contributed by atoms with Gasteiger partial charge in [0, 0.05) is 11.1 Å². The summed E-state index contributed by atoms with van der Waals surface area (Å²) in [5.74, 6) is 0.221. The van der Waals surface area contributed by atoms with E-state index in [1.54, 1.807) is 54.6 Å². The molecule has 1 aromatic heterocycles. The molecule has 0 spiro atoms. The van der Waals surface area contributed by atoms with Gasteiger partial charge in [0.05, 0.1) is 5.41 Å². The fourth-order valence-electron chi connectivity index (χ4n) is 5.05. The molecule has 5 rings (SSSR count). The molecule has 4 N–H and O–H groups in total. The summed E-state index contributed by atoms with van der Waals surface area (Å²) < 4.78 is 86.5. The van der Waals surface area contributed by atoms with Gasteiger partial charge in [-0.15, -0.1) is 0 Å². The first-order valence-electron chi connectivity index (χ1n) is 13.0. The number of fused-ring (bicyclic) bond motifs is 1. The molecule has 1 heterocycles. The van der Waals surface area contributed by atoms with E-state index < -0.39 is 43.1 Å². The third-order valence-corrected chi connectivity index (χ3v) is 9.36. The number of nitrogens with zero attached hydrogens (tertiary/aromatic N) is 1. The number of alkyl halides is 4. The Morgan fingerprint density at radius 1 is 0.591 bits per heavy atom. The number of benzene rings is 4. The van der Waals surface area contributed by atoms with Crippen LogP contribution in [0, 0.1) is 0 Å². The molecule has 0 saturated carbocycles. The van der Waals surface area contributed by atoms with Crippen LogP contribution in [0.3, 0.4) is 0 Å². The van der Waals surface area contributed by atoms with Gasteiger partial charge in [0.2, 0.25) is 5.89 Å². The van der Waals surface area contributed by atoms with E-state index >= 15 is 0 Å². The van der Waals surface area contributed by atoms with Crippen LogP contribution in [-0.2, 0) is 38.7 Å². The van der Waals surface area contributed by atoms with Gasteiger partial charge in [-0.25, -0.2) is 4.98 Å². The molecule has 0 aliphatic carbocycles. The zero-order valence-corrected chi connectivity index (χ0v) is 24.4. The number of aromatic nitrogens is 1. The second kappa shape index (κ2) is 11.4. The number of hydrogen-bond donors (Lipinski definition) is 4. The van der Waals surface area contributed by atoms with Crippen LogP contribution < -0.4 is 0 Å². The highest BCUT2D eigenvalue weighted by Crippen LogP contribution is 2.60.